The first-order chi connectivity index (χ1) is 17.7. The number of carbonyl (C=O) groups is 3. The van der Waals surface area contributed by atoms with Gasteiger partial charge in [0.25, 0.3) is 11.8 Å². The molecule has 0 unspecified atom stereocenters. The highest BCUT2D eigenvalue weighted by molar-refractivity contribution is 6.39. The lowest BCUT2D eigenvalue weighted by molar-refractivity contribution is -0.139. The van der Waals surface area contributed by atoms with Gasteiger partial charge >= 0.3 is 5.97 Å². The monoisotopic (exact) mass is 540 g/mol. The van der Waals surface area contributed by atoms with Crippen LogP contribution in [0, 0.1) is 5.82 Å². The van der Waals surface area contributed by atoms with Crippen LogP contribution in [0.25, 0.3) is 5.57 Å². The van der Waals surface area contributed by atoms with Gasteiger partial charge in [-0.1, -0.05) is 65.7 Å². The molecule has 1 heterocycles. The van der Waals surface area contributed by atoms with Gasteiger partial charge in [-0.25, -0.2) is 9.18 Å². The number of amides is 2. The number of carboxylic acid groups (broad SMARTS) is 1. The highest BCUT2D eigenvalue weighted by Gasteiger charge is 2.24. The normalized spacial score (nSPS) is 14.0. The molecule has 1 aliphatic rings. The zero-order valence-electron chi connectivity index (χ0n) is 19.6. The number of aliphatic carboxylic acids is 1. The smallest absolute Gasteiger partial charge is 0.326 e. The fourth-order valence-electron chi connectivity index (χ4n) is 4.16. The largest absolute Gasteiger partial charge is 0.480 e. The summed E-state index contributed by atoms with van der Waals surface area (Å²) in [5, 5.41) is 12.4. The first-order valence-electron chi connectivity index (χ1n) is 11.5. The van der Waals surface area contributed by atoms with E-state index >= 15 is 0 Å². The number of nitrogens with one attached hydrogen (secondary N) is 1. The van der Waals surface area contributed by atoms with Crippen molar-refractivity contribution in [1.82, 2.24) is 10.2 Å². The van der Waals surface area contributed by atoms with Crippen LogP contribution in [0.3, 0.4) is 0 Å². The summed E-state index contributed by atoms with van der Waals surface area (Å²) in [5.74, 6) is -2.51. The van der Waals surface area contributed by atoms with E-state index in [4.69, 9.17) is 23.2 Å². The summed E-state index contributed by atoms with van der Waals surface area (Å²) < 4.78 is 13.5. The van der Waals surface area contributed by atoms with Gasteiger partial charge in [0.1, 0.15) is 11.9 Å². The van der Waals surface area contributed by atoms with Crippen molar-refractivity contribution in [3.05, 3.63) is 111 Å². The molecule has 37 heavy (non-hydrogen) atoms. The fourth-order valence-corrected chi connectivity index (χ4v) is 4.72. The Morgan fingerprint density at radius 2 is 1.68 bits per heavy atom. The van der Waals surface area contributed by atoms with Crippen LogP contribution in [0.5, 0.6) is 0 Å². The maximum atomic E-state index is 13.5. The van der Waals surface area contributed by atoms with E-state index < -0.39 is 23.7 Å². The van der Waals surface area contributed by atoms with Crippen molar-refractivity contribution in [2.24, 2.45) is 0 Å². The Hall–Kier alpha value is -3.68. The Labute approximate surface area is 223 Å². The molecule has 9 heteroatoms. The van der Waals surface area contributed by atoms with Crippen LogP contribution in [-0.2, 0) is 11.2 Å². The van der Waals surface area contributed by atoms with Gasteiger partial charge in [-0.05, 0) is 53.5 Å². The molecule has 3 aromatic carbocycles. The molecule has 2 N–H and O–H groups in total. The van der Waals surface area contributed by atoms with Crippen molar-refractivity contribution in [3.63, 3.8) is 0 Å². The predicted molar refractivity (Wildman–Crippen MR) is 140 cm³/mol. The molecule has 4 rings (SSSR count). The second-order valence-corrected chi connectivity index (χ2v) is 9.42. The minimum absolute atomic E-state index is 0.0293. The lowest BCUT2D eigenvalue weighted by Gasteiger charge is -2.27. The van der Waals surface area contributed by atoms with E-state index in [2.05, 4.69) is 5.32 Å². The number of benzene rings is 3. The highest BCUT2D eigenvalue weighted by Crippen LogP contribution is 2.26. The van der Waals surface area contributed by atoms with Crippen LogP contribution in [0.1, 0.15) is 38.3 Å². The van der Waals surface area contributed by atoms with Crippen molar-refractivity contribution < 1.29 is 23.9 Å². The van der Waals surface area contributed by atoms with E-state index in [0.29, 0.717) is 25.1 Å². The second-order valence-electron chi connectivity index (χ2n) is 8.60. The third kappa shape index (κ3) is 6.37. The molecule has 1 atom stereocenters. The summed E-state index contributed by atoms with van der Waals surface area (Å²) in [7, 11) is 0. The van der Waals surface area contributed by atoms with Crippen LogP contribution < -0.4 is 5.32 Å². The minimum atomic E-state index is -1.18. The van der Waals surface area contributed by atoms with E-state index in [1.165, 1.54) is 30.3 Å². The van der Waals surface area contributed by atoms with Crippen molar-refractivity contribution in [3.8, 4) is 0 Å². The lowest BCUT2D eigenvalue weighted by Crippen LogP contribution is -2.42. The quantitative estimate of drug-likeness (QED) is 0.415. The van der Waals surface area contributed by atoms with Crippen LogP contribution >= 0.6 is 23.2 Å². The summed E-state index contributed by atoms with van der Waals surface area (Å²) in [6.07, 6.45) is 2.66. The first kappa shape index (κ1) is 26.4. The van der Waals surface area contributed by atoms with E-state index in [1.807, 2.05) is 30.3 Å². The molecule has 0 aliphatic carbocycles. The van der Waals surface area contributed by atoms with Gasteiger partial charge in [0, 0.05) is 25.1 Å². The molecule has 0 fully saturated rings. The average molecular weight is 541 g/mol. The van der Waals surface area contributed by atoms with E-state index in [1.54, 1.807) is 17.0 Å². The van der Waals surface area contributed by atoms with Crippen molar-refractivity contribution in [2.45, 2.75) is 18.9 Å². The van der Waals surface area contributed by atoms with Gasteiger partial charge in [0.2, 0.25) is 0 Å². The number of halogens is 3. The zero-order chi connectivity index (χ0) is 26.5. The van der Waals surface area contributed by atoms with Gasteiger partial charge in [0.05, 0.1) is 15.6 Å². The predicted octanol–water partition coefficient (Wildman–Crippen LogP) is 5.49. The maximum absolute atomic E-state index is 13.5. The first-order valence-corrected chi connectivity index (χ1v) is 12.3. The number of carboxylic acids is 1. The SMILES string of the molecule is O=C(N[C@@H](Cc1ccc(C2=CCN(C(=O)c3cccc(F)c3)CC2)cc1)C(=O)O)c1c(Cl)cccc1Cl. The third-order valence-electron chi connectivity index (χ3n) is 6.13. The summed E-state index contributed by atoms with van der Waals surface area (Å²) in [6, 6.07) is 16.5. The molecule has 1 aliphatic heterocycles. The van der Waals surface area contributed by atoms with Crippen LogP contribution in [0.15, 0.2) is 72.8 Å². The van der Waals surface area contributed by atoms with Crippen molar-refractivity contribution in [2.75, 3.05) is 13.1 Å². The van der Waals surface area contributed by atoms with E-state index in [-0.39, 0.29) is 27.9 Å². The second kappa shape index (κ2) is 11.6. The summed E-state index contributed by atoms with van der Waals surface area (Å²) in [4.78, 5) is 38.8. The Bertz CT molecular complexity index is 1350. The molecule has 0 aromatic heterocycles. The summed E-state index contributed by atoms with van der Waals surface area (Å²) in [6.45, 7) is 0.908. The third-order valence-corrected chi connectivity index (χ3v) is 6.76. The molecular formula is C28H23Cl2FN2O4. The lowest BCUT2D eigenvalue weighted by atomic mass is 9.96. The van der Waals surface area contributed by atoms with Gasteiger partial charge < -0.3 is 15.3 Å². The Balaban J connectivity index is 1.40. The Morgan fingerprint density at radius 1 is 1.00 bits per heavy atom. The molecule has 3 aromatic rings. The molecule has 0 saturated carbocycles. The number of carbonyl (C=O) groups excluding carboxylic acids is 2. The van der Waals surface area contributed by atoms with Crippen molar-refractivity contribution in [1.29, 1.82) is 0 Å². The summed E-state index contributed by atoms with van der Waals surface area (Å²) in [5.41, 5.74) is 3.09. The number of hydrogen-bond donors (Lipinski definition) is 2. The van der Waals surface area contributed by atoms with E-state index in [0.717, 1.165) is 16.7 Å². The zero-order valence-corrected chi connectivity index (χ0v) is 21.1. The number of nitrogens with zero attached hydrogens (tertiary/aromatic N) is 1. The van der Waals surface area contributed by atoms with Gasteiger partial charge in [-0.3, -0.25) is 9.59 Å². The molecule has 0 spiro atoms. The average Bonchev–Trinajstić information content (AvgIpc) is 2.88. The molecular weight excluding hydrogens is 518 g/mol. The molecule has 0 radical (unpaired) electrons. The van der Waals surface area contributed by atoms with Crippen molar-refractivity contribution >= 4 is 46.6 Å². The maximum Gasteiger partial charge on any atom is 0.326 e. The van der Waals surface area contributed by atoms with Gasteiger partial charge in [0.15, 0.2) is 0 Å². The Morgan fingerprint density at radius 3 is 2.27 bits per heavy atom. The fraction of sp³-hybridized carbons (Fsp3) is 0.179. The van der Waals surface area contributed by atoms with Gasteiger partial charge in [-0.15, -0.1) is 0 Å². The topological polar surface area (TPSA) is 86.7 Å². The molecule has 6 nitrogen and oxygen atoms in total. The highest BCUT2D eigenvalue weighted by atomic mass is 35.5. The standard InChI is InChI=1S/C28H23Cl2FN2O4/c29-22-5-2-6-23(30)25(22)26(34)32-24(28(36)37)15-17-7-9-18(10-8-17)19-11-13-33(14-12-19)27(35)20-3-1-4-21(31)16-20/h1-11,16,24H,12-15H2,(H,32,34)(H,36,37)/t24-/m0/s1. The van der Waals surface area contributed by atoms with Crippen LogP contribution in [-0.4, -0.2) is 46.9 Å². The number of rotatable bonds is 7. The minimum Gasteiger partial charge on any atom is -0.480 e. The molecule has 2 amide bonds. The van der Waals surface area contributed by atoms with Gasteiger partial charge in [-0.2, -0.15) is 0 Å². The van der Waals surface area contributed by atoms with Crippen LogP contribution in [0.4, 0.5) is 4.39 Å². The van der Waals surface area contributed by atoms with Crippen LogP contribution in [0.2, 0.25) is 10.0 Å². The van der Waals surface area contributed by atoms with E-state index in [9.17, 15) is 23.9 Å². The molecule has 190 valence electrons. The Kier molecular flexibility index (Phi) is 8.26. The molecule has 0 saturated heterocycles. The summed E-state index contributed by atoms with van der Waals surface area (Å²) >= 11 is 12.1. The number of hydrogen-bond acceptors (Lipinski definition) is 3. The molecule has 0 bridgehead atoms.